The predicted molar refractivity (Wildman–Crippen MR) is 152 cm³/mol. The largest absolute Gasteiger partial charge is 0.445 e. The number of amides is 2. The molecular formula is C33H30F6N2O4. The summed E-state index contributed by atoms with van der Waals surface area (Å²) in [7, 11) is 0. The van der Waals surface area contributed by atoms with Gasteiger partial charge in [0.25, 0.3) is 0 Å². The van der Waals surface area contributed by atoms with E-state index >= 15 is 0 Å². The maximum absolute atomic E-state index is 13.9. The average molecular weight is 633 g/mol. The van der Waals surface area contributed by atoms with Gasteiger partial charge in [0.05, 0.1) is 35.9 Å². The molecule has 1 fully saturated rings. The molecule has 0 radical (unpaired) electrons. The topological polar surface area (TPSA) is 67.9 Å². The van der Waals surface area contributed by atoms with Crippen molar-refractivity contribution in [2.24, 2.45) is 0 Å². The number of carbonyl (C=O) groups excluding carboxylic acids is 2. The lowest BCUT2D eigenvalue weighted by molar-refractivity contribution is -0.143. The Morgan fingerprint density at radius 3 is 2.07 bits per heavy atom. The van der Waals surface area contributed by atoms with Crippen LogP contribution in [-0.2, 0) is 38.8 Å². The van der Waals surface area contributed by atoms with E-state index in [0.717, 1.165) is 5.56 Å². The smallest absolute Gasteiger partial charge is 0.416 e. The van der Waals surface area contributed by atoms with Gasteiger partial charge >= 0.3 is 18.4 Å². The molecule has 2 aliphatic rings. The van der Waals surface area contributed by atoms with E-state index in [9.17, 15) is 35.9 Å². The number of nitrogens with one attached hydrogen (secondary N) is 1. The van der Waals surface area contributed by atoms with Gasteiger partial charge in [-0.05, 0) is 48.2 Å². The fourth-order valence-corrected chi connectivity index (χ4v) is 5.62. The van der Waals surface area contributed by atoms with Gasteiger partial charge in [-0.25, -0.2) is 4.79 Å². The number of ether oxygens (including phenoxy) is 2. The standard InChI is InChI=1S/C33H30F6N2O4/c1-22(24-16-26(32(34,35)36)18-27(17-24)33(37,38)39)45-21-31(25-10-6-3-7-11-25)15-14-30(13-12-28(42)40-30)20-41(31)29(43)44-19-23-8-4-2-5-9-23/h2-11,14-18,22H,12-13,19-21H2,1H3,(H,40,42)/t22-,30-,31-/m1/s1. The van der Waals surface area contributed by atoms with Crippen LogP contribution in [0.2, 0.25) is 0 Å². The van der Waals surface area contributed by atoms with Crippen molar-refractivity contribution in [2.75, 3.05) is 13.2 Å². The van der Waals surface area contributed by atoms with Crippen LogP contribution in [0.25, 0.3) is 0 Å². The van der Waals surface area contributed by atoms with Crippen LogP contribution < -0.4 is 5.32 Å². The van der Waals surface area contributed by atoms with E-state index in [1.165, 1.54) is 11.8 Å². The van der Waals surface area contributed by atoms with E-state index in [4.69, 9.17) is 9.47 Å². The highest BCUT2D eigenvalue weighted by Gasteiger charge is 2.51. The summed E-state index contributed by atoms with van der Waals surface area (Å²) in [6.45, 7) is 0.914. The van der Waals surface area contributed by atoms with Gasteiger partial charge in [-0.15, -0.1) is 0 Å². The van der Waals surface area contributed by atoms with Crippen molar-refractivity contribution < 1.29 is 45.4 Å². The summed E-state index contributed by atoms with van der Waals surface area (Å²) in [5, 5.41) is 2.92. The second-order valence-corrected chi connectivity index (χ2v) is 11.2. The van der Waals surface area contributed by atoms with Crippen molar-refractivity contribution in [1.29, 1.82) is 0 Å². The first-order chi connectivity index (χ1) is 21.2. The maximum Gasteiger partial charge on any atom is 0.416 e. The monoisotopic (exact) mass is 632 g/mol. The molecule has 0 aliphatic carbocycles. The van der Waals surface area contributed by atoms with Gasteiger partial charge in [-0.1, -0.05) is 72.8 Å². The molecule has 1 saturated heterocycles. The Bertz CT molecular complexity index is 1530. The van der Waals surface area contributed by atoms with Crippen molar-refractivity contribution in [1.82, 2.24) is 10.2 Å². The molecule has 1 N–H and O–H groups in total. The lowest BCUT2D eigenvalue weighted by Crippen LogP contribution is -2.62. The zero-order valence-corrected chi connectivity index (χ0v) is 24.1. The van der Waals surface area contributed by atoms with Crippen LogP contribution in [0.3, 0.4) is 0 Å². The molecule has 45 heavy (non-hydrogen) atoms. The Kier molecular flexibility index (Phi) is 8.72. The third kappa shape index (κ3) is 7.00. The Morgan fingerprint density at radius 1 is 0.911 bits per heavy atom. The molecule has 12 heteroatoms. The summed E-state index contributed by atoms with van der Waals surface area (Å²) in [5.41, 5.74) is -4.25. The first-order valence-corrected chi connectivity index (χ1v) is 14.2. The molecular weight excluding hydrogens is 602 g/mol. The van der Waals surface area contributed by atoms with Crippen LogP contribution >= 0.6 is 0 Å². The number of halogens is 6. The minimum atomic E-state index is -5.02. The number of hydrogen-bond donors (Lipinski definition) is 1. The highest BCUT2D eigenvalue weighted by Crippen LogP contribution is 2.42. The third-order valence-corrected chi connectivity index (χ3v) is 8.12. The molecule has 2 amide bonds. The van der Waals surface area contributed by atoms with Gasteiger partial charge in [-0.3, -0.25) is 9.69 Å². The van der Waals surface area contributed by atoms with Gasteiger partial charge in [0, 0.05) is 6.42 Å². The van der Waals surface area contributed by atoms with Crippen molar-refractivity contribution in [2.45, 2.75) is 55.9 Å². The lowest BCUT2D eigenvalue weighted by Gasteiger charge is -2.48. The number of alkyl halides is 6. The van der Waals surface area contributed by atoms with E-state index < -0.39 is 46.8 Å². The SMILES string of the molecule is C[C@@H](OC[C@@]1(c2ccccc2)C=C[C@]2(CCC(=O)N2)CN1C(=O)OCc1ccccc1)c1cc(C(F)(F)F)cc(C(F)(F)F)c1. The third-order valence-electron chi connectivity index (χ3n) is 8.12. The van der Waals surface area contributed by atoms with Gasteiger partial charge in [0.15, 0.2) is 0 Å². The van der Waals surface area contributed by atoms with Crippen molar-refractivity contribution >= 4 is 12.0 Å². The molecule has 1 spiro atoms. The summed E-state index contributed by atoms with van der Waals surface area (Å²) >= 11 is 0. The Hall–Kier alpha value is -4.32. The van der Waals surface area contributed by atoms with Crippen LogP contribution in [0.4, 0.5) is 31.1 Å². The van der Waals surface area contributed by atoms with E-state index in [-0.39, 0.29) is 43.7 Å². The molecule has 3 aromatic rings. The normalized spacial score (nSPS) is 22.4. The number of benzene rings is 3. The highest BCUT2D eigenvalue weighted by molar-refractivity contribution is 5.81. The van der Waals surface area contributed by atoms with E-state index in [1.54, 1.807) is 66.7 Å². The van der Waals surface area contributed by atoms with Crippen LogP contribution in [0.1, 0.15) is 53.7 Å². The Balaban J connectivity index is 1.52. The summed E-state index contributed by atoms with van der Waals surface area (Å²) in [4.78, 5) is 27.5. The second-order valence-electron chi connectivity index (χ2n) is 11.2. The average Bonchev–Trinajstić information content (AvgIpc) is 3.38. The van der Waals surface area contributed by atoms with E-state index in [2.05, 4.69) is 5.32 Å². The number of carbonyl (C=O) groups is 2. The number of rotatable bonds is 7. The van der Waals surface area contributed by atoms with Crippen LogP contribution in [0.5, 0.6) is 0 Å². The molecule has 2 heterocycles. The molecule has 0 aromatic heterocycles. The first kappa shape index (κ1) is 32.1. The van der Waals surface area contributed by atoms with E-state index in [1.807, 2.05) is 6.07 Å². The summed E-state index contributed by atoms with van der Waals surface area (Å²) in [5.74, 6) is -0.195. The van der Waals surface area contributed by atoms with Gasteiger partial charge in [0.1, 0.15) is 12.1 Å². The molecule has 2 aliphatic heterocycles. The Labute approximate surface area is 255 Å². The number of hydrogen-bond acceptors (Lipinski definition) is 4. The molecule has 0 bridgehead atoms. The summed E-state index contributed by atoms with van der Waals surface area (Å²) in [6.07, 6.45) is -7.95. The minimum absolute atomic E-state index is 0.0166. The molecule has 0 saturated carbocycles. The van der Waals surface area contributed by atoms with Gasteiger partial charge < -0.3 is 14.8 Å². The summed E-state index contributed by atoms with van der Waals surface area (Å²) in [6, 6.07) is 18.9. The van der Waals surface area contributed by atoms with Crippen molar-refractivity contribution in [3.63, 3.8) is 0 Å². The quantitative estimate of drug-likeness (QED) is 0.216. The fraction of sp³-hybridized carbons (Fsp3) is 0.333. The first-order valence-electron chi connectivity index (χ1n) is 14.2. The number of nitrogens with zero attached hydrogens (tertiary/aromatic N) is 1. The zero-order chi connectivity index (χ0) is 32.5. The molecule has 3 atom stereocenters. The highest BCUT2D eigenvalue weighted by atomic mass is 19.4. The molecule has 3 aromatic carbocycles. The molecule has 0 unspecified atom stereocenters. The van der Waals surface area contributed by atoms with Crippen LogP contribution in [0.15, 0.2) is 91.0 Å². The maximum atomic E-state index is 13.9. The lowest BCUT2D eigenvalue weighted by atomic mass is 9.80. The summed E-state index contributed by atoms with van der Waals surface area (Å²) < 4.78 is 93.1. The van der Waals surface area contributed by atoms with E-state index in [0.29, 0.717) is 24.1 Å². The van der Waals surface area contributed by atoms with Gasteiger partial charge in [0.2, 0.25) is 5.91 Å². The minimum Gasteiger partial charge on any atom is -0.445 e. The van der Waals surface area contributed by atoms with Crippen LogP contribution in [0, 0.1) is 0 Å². The zero-order valence-electron chi connectivity index (χ0n) is 24.1. The van der Waals surface area contributed by atoms with Crippen LogP contribution in [-0.4, -0.2) is 35.6 Å². The molecule has 6 nitrogen and oxygen atoms in total. The van der Waals surface area contributed by atoms with Crippen molar-refractivity contribution in [3.05, 3.63) is 119 Å². The second kappa shape index (κ2) is 12.2. The fourth-order valence-electron chi connectivity index (χ4n) is 5.62. The molecule has 5 rings (SSSR count). The predicted octanol–water partition coefficient (Wildman–Crippen LogP) is 7.55. The van der Waals surface area contributed by atoms with Gasteiger partial charge in [-0.2, -0.15) is 26.3 Å². The Morgan fingerprint density at radius 2 is 1.51 bits per heavy atom. The van der Waals surface area contributed by atoms with Crippen molar-refractivity contribution in [3.8, 4) is 0 Å². The molecule has 238 valence electrons.